The van der Waals surface area contributed by atoms with E-state index in [1.54, 1.807) is 18.2 Å². The molecule has 188 valence electrons. The van der Waals surface area contributed by atoms with Crippen molar-refractivity contribution in [2.24, 2.45) is 0 Å². The first kappa shape index (κ1) is 26.6. The molecular formula is C27H27NO7S. The molecule has 36 heavy (non-hydrogen) atoms. The lowest BCUT2D eigenvalue weighted by molar-refractivity contribution is -0.143. The van der Waals surface area contributed by atoms with Crippen molar-refractivity contribution >= 4 is 33.5 Å². The van der Waals surface area contributed by atoms with Gasteiger partial charge < -0.3 is 14.2 Å². The molecule has 0 atom stereocenters. The van der Waals surface area contributed by atoms with Crippen molar-refractivity contribution in [1.82, 2.24) is 0 Å². The average Bonchev–Trinajstić information content (AvgIpc) is 2.84. The third-order valence-corrected chi connectivity index (χ3v) is 6.66. The Morgan fingerprint density at radius 1 is 0.806 bits per heavy atom. The summed E-state index contributed by atoms with van der Waals surface area (Å²) in [6, 6.07) is 17.2. The fourth-order valence-corrected chi connectivity index (χ4v) is 4.07. The Morgan fingerprint density at radius 2 is 1.47 bits per heavy atom. The van der Waals surface area contributed by atoms with Gasteiger partial charge in [0.1, 0.15) is 10.6 Å². The fourth-order valence-electron chi connectivity index (χ4n) is 3.14. The number of carbonyl (C=O) groups is 3. The highest BCUT2D eigenvalue weighted by molar-refractivity contribution is 7.87. The number of rotatable bonds is 10. The molecule has 0 spiro atoms. The van der Waals surface area contributed by atoms with Crippen LogP contribution in [-0.2, 0) is 24.4 Å². The molecule has 3 aromatic carbocycles. The minimum Gasteiger partial charge on any atom is -0.457 e. The maximum absolute atomic E-state index is 12.4. The van der Waals surface area contributed by atoms with Gasteiger partial charge in [0.15, 0.2) is 12.4 Å². The Kier molecular flexibility index (Phi) is 8.60. The topological polar surface area (TPSA) is 116 Å². The second kappa shape index (κ2) is 11.6. The number of carbonyl (C=O) groups excluding carboxylic acids is 3. The van der Waals surface area contributed by atoms with Crippen LogP contribution in [0, 0.1) is 20.8 Å². The lowest BCUT2D eigenvalue weighted by Gasteiger charge is -2.09. The molecule has 0 radical (unpaired) electrons. The molecular weight excluding hydrogens is 482 g/mol. The van der Waals surface area contributed by atoms with Crippen molar-refractivity contribution in [2.75, 3.05) is 11.9 Å². The molecule has 8 nitrogen and oxygen atoms in total. The van der Waals surface area contributed by atoms with Gasteiger partial charge in [0, 0.05) is 17.7 Å². The van der Waals surface area contributed by atoms with E-state index in [9.17, 15) is 22.8 Å². The number of amides is 1. The summed E-state index contributed by atoms with van der Waals surface area (Å²) in [7, 11) is -4.01. The lowest BCUT2D eigenvalue weighted by Crippen LogP contribution is -2.17. The van der Waals surface area contributed by atoms with Gasteiger partial charge in [-0.15, -0.1) is 0 Å². The SMILES string of the molecule is Cc1ccc(S(=O)(=O)Oc2ccc(C(=O)COC(=O)CCC(=O)Nc3ccc(C)c(C)c3)cc2)cc1. The average molecular weight is 510 g/mol. The van der Waals surface area contributed by atoms with Crippen LogP contribution in [-0.4, -0.2) is 32.7 Å². The molecule has 3 rings (SSSR count). The Morgan fingerprint density at radius 3 is 2.11 bits per heavy atom. The Bertz CT molecular complexity index is 1360. The maximum atomic E-state index is 12.4. The van der Waals surface area contributed by atoms with Crippen molar-refractivity contribution in [2.45, 2.75) is 38.5 Å². The second-order valence-corrected chi connectivity index (χ2v) is 9.85. The summed E-state index contributed by atoms with van der Waals surface area (Å²) in [5, 5.41) is 2.72. The first-order valence-corrected chi connectivity index (χ1v) is 12.6. The van der Waals surface area contributed by atoms with E-state index in [-0.39, 0.29) is 35.0 Å². The van der Waals surface area contributed by atoms with E-state index >= 15 is 0 Å². The van der Waals surface area contributed by atoms with Crippen LogP contribution in [0.2, 0.25) is 0 Å². The maximum Gasteiger partial charge on any atom is 0.339 e. The van der Waals surface area contributed by atoms with Crippen LogP contribution in [0.1, 0.15) is 39.9 Å². The number of ether oxygens (including phenoxy) is 1. The number of esters is 1. The van der Waals surface area contributed by atoms with Crippen LogP contribution in [0.3, 0.4) is 0 Å². The van der Waals surface area contributed by atoms with Crippen LogP contribution >= 0.6 is 0 Å². The smallest absolute Gasteiger partial charge is 0.339 e. The molecule has 1 N–H and O–H groups in total. The number of Topliss-reactive ketones (excluding diaryl/α,β-unsaturated/α-hetero) is 1. The van der Waals surface area contributed by atoms with Crippen LogP contribution < -0.4 is 9.50 Å². The van der Waals surface area contributed by atoms with E-state index in [0.29, 0.717) is 5.69 Å². The van der Waals surface area contributed by atoms with Crippen LogP contribution in [0.4, 0.5) is 5.69 Å². The van der Waals surface area contributed by atoms with E-state index in [1.807, 2.05) is 32.9 Å². The molecule has 0 saturated carbocycles. The largest absolute Gasteiger partial charge is 0.457 e. The molecule has 0 aromatic heterocycles. The number of ketones is 1. The van der Waals surface area contributed by atoms with Gasteiger partial charge in [0.25, 0.3) is 0 Å². The highest BCUT2D eigenvalue weighted by atomic mass is 32.2. The summed E-state index contributed by atoms with van der Waals surface area (Å²) in [5.41, 5.74) is 3.92. The molecule has 0 fully saturated rings. The van der Waals surface area contributed by atoms with Crippen LogP contribution in [0.25, 0.3) is 0 Å². The first-order chi connectivity index (χ1) is 17.0. The highest BCUT2D eigenvalue weighted by Gasteiger charge is 2.17. The van der Waals surface area contributed by atoms with Gasteiger partial charge in [0.05, 0.1) is 6.42 Å². The number of hydrogen-bond donors (Lipinski definition) is 1. The predicted octanol–water partition coefficient (Wildman–Crippen LogP) is 4.52. The summed E-state index contributed by atoms with van der Waals surface area (Å²) < 4.78 is 34.8. The predicted molar refractivity (Wildman–Crippen MR) is 135 cm³/mol. The standard InChI is InChI=1S/C27H27NO7S/c1-18-4-12-24(13-5-18)36(32,33)35-23-10-7-21(8-11-23)25(29)17-34-27(31)15-14-26(30)28-22-9-6-19(2)20(3)16-22/h4-13,16H,14-15,17H2,1-3H3,(H,28,30). The third-order valence-electron chi connectivity index (χ3n) is 5.40. The number of anilines is 1. The quantitative estimate of drug-likeness (QED) is 0.243. The molecule has 0 aliphatic carbocycles. The van der Waals surface area contributed by atoms with Gasteiger partial charge in [0.2, 0.25) is 5.91 Å². The zero-order chi connectivity index (χ0) is 26.3. The van der Waals surface area contributed by atoms with Gasteiger partial charge in [-0.05, 0) is 80.4 Å². The zero-order valence-corrected chi connectivity index (χ0v) is 21.1. The molecule has 0 bridgehead atoms. The minimum atomic E-state index is -4.01. The summed E-state index contributed by atoms with van der Waals surface area (Å²) in [4.78, 5) is 36.4. The summed E-state index contributed by atoms with van der Waals surface area (Å²) in [6.07, 6.45) is -0.255. The molecule has 0 heterocycles. The van der Waals surface area contributed by atoms with E-state index in [2.05, 4.69) is 5.32 Å². The van der Waals surface area contributed by atoms with E-state index in [0.717, 1.165) is 16.7 Å². The normalized spacial score (nSPS) is 11.0. The van der Waals surface area contributed by atoms with Gasteiger partial charge in [-0.2, -0.15) is 8.42 Å². The molecule has 3 aromatic rings. The van der Waals surface area contributed by atoms with Gasteiger partial charge in [-0.1, -0.05) is 23.8 Å². The molecule has 9 heteroatoms. The van der Waals surface area contributed by atoms with E-state index < -0.39 is 28.5 Å². The van der Waals surface area contributed by atoms with Crippen molar-refractivity contribution in [3.8, 4) is 5.75 Å². The van der Waals surface area contributed by atoms with E-state index in [4.69, 9.17) is 8.92 Å². The highest BCUT2D eigenvalue weighted by Crippen LogP contribution is 2.20. The first-order valence-electron chi connectivity index (χ1n) is 11.2. The van der Waals surface area contributed by atoms with Gasteiger partial charge in [-0.3, -0.25) is 14.4 Å². The van der Waals surface area contributed by atoms with Crippen LogP contribution in [0.5, 0.6) is 5.75 Å². The molecule has 0 saturated heterocycles. The second-order valence-electron chi connectivity index (χ2n) is 8.31. The number of hydrogen-bond acceptors (Lipinski definition) is 7. The minimum absolute atomic E-state index is 0.0165. The van der Waals surface area contributed by atoms with Crippen molar-refractivity contribution in [3.63, 3.8) is 0 Å². The van der Waals surface area contributed by atoms with Crippen molar-refractivity contribution in [3.05, 3.63) is 89.0 Å². The van der Waals surface area contributed by atoms with Crippen molar-refractivity contribution < 1.29 is 31.7 Å². The Balaban J connectivity index is 1.45. The zero-order valence-electron chi connectivity index (χ0n) is 20.2. The number of benzene rings is 3. The fraction of sp³-hybridized carbons (Fsp3) is 0.222. The summed E-state index contributed by atoms with van der Waals surface area (Å²) >= 11 is 0. The molecule has 0 unspecified atom stereocenters. The summed E-state index contributed by atoms with van der Waals surface area (Å²) in [6.45, 7) is 5.25. The van der Waals surface area contributed by atoms with Crippen LogP contribution in [0.15, 0.2) is 71.6 Å². The molecule has 0 aliphatic heterocycles. The number of nitrogens with one attached hydrogen (secondary N) is 1. The number of aryl methyl sites for hydroxylation is 3. The summed E-state index contributed by atoms with van der Waals surface area (Å²) in [5.74, 6) is -1.45. The lowest BCUT2D eigenvalue weighted by atomic mass is 10.1. The monoisotopic (exact) mass is 509 g/mol. The van der Waals surface area contributed by atoms with Crippen molar-refractivity contribution in [1.29, 1.82) is 0 Å². The molecule has 0 aliphatic rings. The third kappa shape index (κ3) is 7.51. The Hall–Kier alpha value is -3.98. The van der Waals surface area contributed by atoms with Gasteiger partial charge in [-0.25, -0.2) is 0 Å². The molecule has 1 amide bonds. The van der Waals surface area contributed by atoms with E-state index in [1.165, 1.54) is 36.4 Å². The van der Waals surface area contributed by atoms with Gasteiger partial charge >= 0.3 is 16.1 Å². The Labute approximate surface area is 210 Å².